The van der Waals surface area contributed by atoms with Crippen LogP contribution in [-0.2, 0) is 0 Å². The Morgan fingerprint density at radius 3 is 2.89 bits per heavy atom. The Bertz CT molecular complexity index is 514. The molecule has 0 spiro atoms. The number of rotatable bonds is 0. The number of benzene rings is 1. The Labute approximate surface area is 108 Å². The summed E-state index contributed by atoms with van der Waals surface area (Å²) in [6, 6.07) is 3.87. The minimum absolute atomic E-state index is 0.164. The lowest BCUT2D eigenvalue weighted by molar-refractivity contribution is 0.0115. The van der Waals surface area contributed by atoms with E-state index in [1.807, 2.05) is 19.1 Å². The van der Waals surface area contributed by atoms with Gasteiger partial charge in [0.1, 0.15) is 17.1 Å². The number of allylic oxidation sites excluding steroid dienone is 2. The Balaban J connectivity index is 2.20. The van der Waals surface area contributed by atoms with Crippen LogP contribution in [0.5, 0.6) is 11.5 Å². The molecule has 1 heterocycles. The van der Waals surface area contributed by atoms with Crippen LogP contribution in [0.15, 0.2) is 24.3 Å². The fourth-order valence-electron chi connectivity index (χ4n) is 3.43. The first-order valence-electron chi connectivity index (χ1n) is 6.68. The van der Waals surface area contributed by atoms with E-state index in [1.54, 1.807) is 0 Å². The number of ether oxygens (including phenoxy) is 1. The molecule has 0 unspecified atom stereocenters. The fraction of sp³-hybridized carbons (Fsp3) is 0.500. The van der Waals surface area contributed by atoms with Gasteiger partial charge in [-0.3, -0.25) is 0 Å². The van der Waals surface area contributed by atoms with E-state index in [2.05, 4.69) is 26.0 Å². The van der Waals surface area contributed by atoms with Gasteiger partial charge >= 0.3 is 0 Å². The maximum atomic E-state index is 10.2. The molecule has 3 rings (SSSR count). The molecule has 1 aromatic carbocycles. The summed E-state index contributed by atoms with van der Waals surface area (Å²) in [5.74, 6) is 1.97. The highest BCUT2D eigenvalue weighted by atomic mass is 16.5. The Morgan fingerprint density at radius 1 is 1.33 bits per heavy atom. The predicted molar refractivity (Wildman–Crippen MR) is 72.2 cm³/mol. The van der Waals surface area contributed by atoms with E-state index < -0.39 is 0 Å². The van der Waals surface area contributed by atoms with Crippen LogP contribution in [0.1, 0.15) is 43.7 Å². The van der Waals surface area contributed by atoms with Crippen LogP contribution in [0, 0.1) is 12.8 Å². The number of phenolic OH excluding ortho intramolecular Hbond substituents is 1. The molecule has 0 aromatic heterocycles. The molecule has 1 aliphatic carbocycles. The van der Waals surface area contributed by atoms with Crippen LogP contribution in [0.25, 0.3) is 0 Å². The van der Waals surface area contributed by atoms with Crippen molar-refractivity contribution in [3.8, 4) is 11.5 Å². The quantitative estimate of drug-likeness (QED) is 0.701. The van der Waals surface area contributed by atoms with Crippen molar-refractivity contribution >= 4 is 0 Å². The third-order valence-electron chi connectivity index (χ3n) is 4.29. The SMILES string of the molecule is Cc1cc(O)c2c(c1)OC(C)(C)[C@@H]1CCC=C[C@@H]21. The van der Waals surface area contributed by atoms with E-state index in [-0.39, 0.29) is 11.5 Å². The first-order valence-corrected chi connectivity index (χ1v) is 6.68. The zero-order valence-electron chi connectivity index (χ0n) is 11.2. The van der Waals surface area contributed by atoms with Gasteiger partial charge < -0.3 is 9.84 Å². The Hall–Kier alpha value is -1.44. The average molecular weight is 244 g/mol. The molecule has 1 aromatic rings. The maximum Gasteiger partial charge on any atom is 0.127 e. The predicted octanol–water partition coefficient (Wildman–Crippen LogP) is 3.92. The first kappa shape index (κ1) is 11.6. The smallest absolute Gasteiger partial charge is 0.127 e. The van der Waals surface area contributed by atoms with Crippen molar-refractivity contribution in [1.29, 1.82) is 0 Å². The molecule has 96 valence electrons. The molecule has 0 fully saturated rings. The summed E-state index contributed by atoms with van der Waals surface area (Å²) in [7, 11) is 0. The third kappa shape index (κ3) is 1.63. The second kappa shape index (κ2) is 3.78. The van der Waals surface area contributed by atoms with Gasteiger partial charge in [0.25, 0.3) is 0 Å². The zero-order chi connectivity index (χ0) is 12.9. The average Bonchev–Trinajstić information content (AvgIpc) is 2.27. The van der Waals surface area contributed by atoms with Crippen molar-refractivity contribution < 1.29 is 9.84 Å². The minimum atomic E-state index is -0.164. The van der Waals surface area contributed by atoms with Crippen molar-refractivity contribution in [2.45, 2.75) is 45.1 Å². The molecule has 18 heavy (non-hydrogen) atoms. The van der Waals surface area contributed by atoms with Gasteiger partial charge in [0.05, 0.1) is 0 Å². The lowest BCUT2D eigenvalue weighted by Crippen LogP contribution is -2.44. The molecular weight excluding hydrogens is 224 g/mol. The molecular formula is C16H20O2. The summed E-state index contributed by atoms with van der Waals surface area (Å²) < 4.78 is 6.16. The molecule has 1 aliphatic heterocycles. The summed E-state index contributed by atoms with van der Waals surface area (Å²) in [6.07, 6.45) is 6.70. The molecule has 2 heteroatoms. The molecule has 0 bridgehead atoms. The van der Waals surface area contributed by atoms with Crippen LogP contribution >= 0.6 is 0 Å². The largest absolute Gasteiger partial charge is 0.507 e. The topological polar surface area (TPSA) is 29.5 Å². The highest BCUT2D eigenvalue weighted by Gasteiger charge is 2.44. The highest BCUT2D eigenvalue weighted by molar-refractivity contribution is 5.53. The maximum absolute atomic E-state index is 10.2. The summed E-state index contributed by atoms with van der Waals surface area (Å²) in [6.45, 7) is 6.30. The standard InChI is InChI=1S/C16H20O2/c1-10-8-13(17)15-11-6-4-5-7-12(11)16(2,3)18-14(15)9-10/h4,6,8-9,11-12,17H,5,7H2,1-3H3/t11-,12-/m1/s1. The lowest BCUT2D eigenvalue weighted by Gasteiger charge is -2.45. The van der Waals surface area contributed by atoms with Crippen LogP contribution in [0.3, 0.4) is 0 Å². The van der Waals surface area contributed by atoms with Crippen molar-refractivity contribution in [2.24, 2.45) is 5.92 Å². The van der Waals surface area contributed by atoms with Crippen LogP contribution < -0.4 is 4.74 Å². The van der Waals surface area contributed by atoms with Gasteiger partial charge in [-0.2, -0.15) is 0 Å². The molecule has 1 N–H and O–H groups in total. The monoisotopic (exact) mass is 244 g/mol. The number of aromatic hydroxyl groups is 1. The zero-order valence-corrected chi connectivity index (χ0v) is 11.2. The molecule has 0 amide bonds. The highest BCUT2D eigenvalue weighted by Crippen LogP contribution is 2.52. The van der Waals surface area contributed by atoms with Crippen molar-refractivity contribution in [1.82, 2.24) is 0 Å². The van der Waals surface area contributed by atoms with Crippen molar-refractivity contribution in [3.63, 3.8) is 0 Å². The summed E-state index contributed by atoms with van der Waals surface area (Å²) in [5, 5.41) is 10.2. The van der Waals surface area contributed by atoms with E-state index in [9.17, 15) is 5.11 Å². The third-order valence-corrected chi connectivity index (χ3v) is 4.29. The van der Waals surface area contributed by atoms with Crippen LogP contribution in [-0.4, -0.2) is 10.7 Å². The van der Waals surface area contributed by atoms with Crippen molar-refractivity contribution in [2.75, 3.05) is 0 Å². The van der Waals surface area contributed by atoms with Gasteiger partial charge in [-0.15, -0.1) is 0 Å². The molecule has 0 saturated heterocycles. The normalized spacial score (nSPS) is 28.2. The Morgan fingerprint density at radius 2 is 2.11 bits per heavy atom. The fourth-order valence-corrected chi connectivity index (χ4v) is 3.43. The summed E-state index contributed by atoms with van der Waals surface area (Å²) in [4.78, 5) is 0. The van der Waals surface area contributed by atoms with E-state index in [4.69, 9.17) is 4.74 Å². The number of fused-ring (bicyclic) bond motifs is 3. The molecule has 0 saturated carbocycles. The number of aryl methyl sites for hydroxylation is 1. The van der Waals surface area contributed by atoms with E-state index in [0.717, 1.165) is 29.7 Å². The van der Waals surface area contributed by atoms with Gasteiger partial charge in [0.15, 0.2) is 0 Å². The lowest BCUT2D eigenvalue weighted by atomic mass is 9.69. The van der Waals surface area contributed by atoms with Crippen LogP contribution in [0.2, 0.25) is 0 Å². The van der Waals surface area contributed by atoms with E-state index in [1.165, 1.54) is 0 Å². The Kier molecular flexibility index (Phi) is 2.44. The van der Waals surface area contributed by atoms with Gasteiger partial charge in [0, 0.05) is 17.4 Å². The summed E-state index contributed by atoms with van der Waals surface area (Å²) >= 11 is 0. The van der Waals surface area contributed by atoms with Crippen LogP contribution in [0.4, 0.5) is 0 Å². The number of phenols is 1. The minimum Gasteiger partial charge on any atom is -0.507 e. The second-order valence-electron chi connectivity index (χ2n) is 6.04. The van der Waals surface area contributed by atoms with E-state index >= 15 is 0 Å². The molecule has 2 atom stereocenters. The number of hydrogen-bond acceptors (Lipinski definition) is 2. The van der Waals surface area contributed by atoms with E-state index in [0.29, 0.717) is 11.7 Å². The second-order valence-corrected chi connectivity index (χ2v) is 6.04. The summed E-state index contributed by atoms with van der Waals surface area (Å²) in [5.41, 5.74) is 1.85. The van der Waals surface area contributed by atoms with Gasteiger partial charge in [-0.05, 0) is 51.3 Å². The first-order chi connectivity index (χ1) is 8.49. The van der Waals surface area contributed by atoms with Crippen molar-refractivity contribution in [3.05, 3.63) is 35.4 Å². The van der Waals surface area contributed by atoms with Gasteiger partial charge in [-0.25, -0.2) is 0 Å². The molecule has 2 nitrogen and oxygen atoms in total. The number of hydrogen-bond donors (Lipinski definition) is 1. The van der Waals surface area contributed by atoms with Gasteiger partial charge in [0.2, 0.25) is 0 Å². The molecule has 2 aliphatic rings. The van der Waals surface area contributed by atoms with Gasteiger partial charge in [-0.1, -0.05) is 12.2 Å². The molecule has 0 radical (unpaired) electrons.